The van der Waals surface area contributed by atoms with Gasteiger partial charge in [-0.15, -0.1) is 0 Å². The Balaban J connectivity index is 1.30. The summed E-state index contributed by atoms with van der Waals surface area (Å²) in [6.07, 6.45) is 3.71. The summed E-state index contributed by atoms with van der Waals surface area (Å²) in [7, 11) is 3.98. The summed E-state index contributed by atoms with van der Waals surface area (Å²) in [6, 6.07) is 12.6. The second kappa shape index (κ2) is 11.3. The predicted octanol–water partition coefficient (Wildman–Crippen LogP) is 5.58. The second-order valence-corrected chi connectivity index (χ2v) is 13.4. The van der Waals surface area contributed by atoms with Crippen LogP contribution in [0.25, 0.3) is 0 Å². The maximum Gasteiger partial charge on any atom is 0.274 e. The standard InChI is InChI=1S/C32H44N6O3/c1-30(2,3)26-17-27(37(8)36-26)35-28(39)16-21-10-12-22(13-11-21)34-29(40)25-15-14-23(20-33-25)41-24-18-31(4,5)38(9)32(6,7)19-24/h10-15,17,20,24H,16,18-19H2,1-9H3,(H,34,40)(H,35,39). The van der Waals surface area contributed by atoms with Crippen molar-refractivity contribution in [3.8, 4) is 5.75 Å². The number of amides is 2. The van der Waals surface area contributed by atoms with Gasteiger partial charge in [-0.2, -0.15) is 5.10 Å². The topological polar surface area (TPSA) is 101 Å². The van der Waals surface area contributed by atoms with Crippen LogP contribution in [0.5, 0.6) is 5.75 Å². The van der Waals surface area contributed by atoms with Gasteiger partial charge in [-0.05, 0) is 64.6 Å². The number of anilines is 2. The minimum atomic E-state index is -0.311. The van der Waals surface area contributed by atoms with Gasteiger partial charge in [-0.25, -0.2) is 4.98 Å². The highest BCUT2D eigenvalue weighted by atomic mass is 16.5. The minimum absolute atomic E-state index is 0.0222. The van der Waals surface area contributed by atoms with E-state index >= 15 is 0 Å². The van der Waals surface area contributed by atoms with Crippen molar-refractivity contribution in [3.05, 3.63) is 65.6 Å². The lowest BCUT2D eigenvalue weighted by Gasteiger charge is -2.53. The SMILES string of the molecule is CN1C(C)(C)CC(Oc2ccc(C(=O)Nc3ccc(CC(=O)Nc4cc(C(C)(C)C)nn4C)cc3)nc2)CC1(C)C. The smallest absolute Gasteiger partial charge is 0.274 e. The number of hydrogen-bond donors (Lipinski definition) is 2. The fraction of sp³-hybridized carbons (Fsp3) is 0.500. The van der Waals surface area contributed by atoms with Crippen molar-refractivity contribution in [1.82, 2.24) is 19.7 Å². The van der Waals surface area contributed by atoms with E-state index in [1.165, 1.54) is 0 Å². The van der Waals surface area contributed by atoms with E-state index in [-0.39, 0.29) is 40.8 Å². The summed E-state index contributed by atoms with van der Waals surface area (Å²) in [5, 5.41) is 10.3. The maximum absolute atomic E-state index is 12.8. The Labute approximate surface area is 243 Å². The quantitative estimate of drug-likeness (QED) is 0.391. The average Bonchev–Trinajstić information content (AvgIpc) is 3.24. The van der Waals surface area contributed by atoms with Crippen LogP contribution < -0.4 is 15.4 Å². The molecule has 9 heteroatoms. The number of aromatic nitrogens is 3. The molecule has 41 heavy (non-hydrogen) atoms. The molecule has 9 nitrogen and oxygen atoms in total. The Morgan fingerprint density at radius 1 is 0.976 bits per heavy atom. The van der Waals surface area contributed by atoms with Gasteiger partial charge < -0.3 is 15.4 Å². The van der Waals surface area contributed by atoms with E-state index in [2.05, 4.69) is 81.1 Å². The van der Waals surface area contributed by atoms with Crippen LogP contribution in [0.15, 0.2) is 48.7 Å². The van der Waals surface area contributed by atoms with Gasteiger partial charge in [0.2, 0.25) is 5.91 Å². The third-order valence-corrected chi connectivity index (χ3v) is 8.03. The number of hydrogen-bond acceptors (Lipinski definition) is 6. The molecule has 4 rings (SSSR count). The highest BCUT2D eigenvalue weighted by molar-refractivity contribution is 6.02. The molecular formula is C32H44N6O3. The molecule has 2 amide bonds. The number of piperidine rings is 1. The van der Waals surface area contributed by atoms with Gasteiger partial charge in [0.25, 0.3) is 5.91 Å². The zero-order valence-electron chi connectivity index (χ0n) is 25.8. The molecule has 1 fully saturated rings. The van der Waals surface area contributed by atoms with Gasteiger partial charge in [0.1, 0.15) is 23.4 Å². The minimum Gasteiger partial charge on any atom is -0.489 e. The Hall–Kier alpha value is -3.72. The molecular weight excluding hydrogens is 516 g/mol. The summed E-state index contributed by atoms with van der Waals surface area (Å²) in [4.78, 5) is 32.2. The number of benzene rings is 1. The van der Waals surface area contributed by atoms with Crippen molar-refractivity contribution >= 4 is 23.3 Å². The molecule has 0 aliphatic carbocycles. The van der Waals surface area contributed by atoms with Gasteiger partial charge >= 0.3 is 0 Å². The number of carbonyl (C=O) groups is 2. The van der Waals surface area contributed by atoms with Crippen LogP contribution in [-0.4, -0.2) is 55.7 Å². The molecule has 3 aromatic rings. The van der Waals surface area contributed by atoms with E-state index in [9.17, 15) is 9.59 Å². The number of pyridine rings is 1. The maximum atomic E-state index is 12.8. The molecule has 2 aromatic heterocycles. The first-order chi connectivity index (χ1) is 19.0. The molecule has 0 unspecified atom stereocenters. The van der Waals surface area contributed by atoms with Crippen molar-refractivity contribution in [2.45, 2.75) is 90.3 Å². The van der Waals surface area contributed by atoms with Gasteiger partial charge in [0, 0.05) is 48.1 Å². The second-order valence-electron chi connectivity index (χ2n) is 13.4. The molecule has 220 valence electrons. The Kier molecular flexibility index (Phi) is 8.32. The molecule has 0 bridgehead atoms. The lowest BCUT2D eigenvalue weighted by atomic mass is 9.79. The Morgan fingerprint density at radius 3 is 2.15 bits per heavy atom. The van der Waals surface area contributed by atoms with Gasteiger partial charge in [-0.1, -0.05) is 32.9 Å². The van der Waals surface area contributed by atoms with E-state index < -0.39 is 0 Å². The van der Waals surface area contributed by atoms with Crippen LogP contribution in [-0.2, 0) is 23.7 Å². The molecule has 3 heterocycles. The number of nitrogens with one attached hydrogen (secondary N) is 2. The van der Waals surface area contributed by atoms with Crippen molar-refractivity contribution in [2.24, 2.45) is 7.05 Å². The summed E-state index contributed by atoms with van der Waals surface area (Å²) in [5.74, 6) is 0.872. The lowest BCUT2D eigenvalue weighted by Crippen LogP contribution is -2.60. The fourth-order valence-corrected chi connectivity index (χ4v) is 5.36. The zero-order valence-corrected chi connectivity index (χ0v) is 25.8. The van der Waals surface area contributed by atoms with Gasteiger partial charge in [0.15, 0.2) is 0 Å². The van der Waals surface area contributed by atoms with E-state index in [1.807, 2.05) is 25.2 Å². The summed E-state index contributed by atoms with van der Waals surface area (Å²) in [6.45, 7) is 15.2. The van der Waals surface area contributed by atoms with Crippen molar-refractivity contribution in [1.29, 1.82) is 0 Å². The normalized spacial score (nSPS) is 17.2. The summed E-state index contributed by atoms with van der Waals surface area (Å²) < 4.78 is 7.95. The van der Waals surface area contributed by atoms with E-state index in [1.54, 1.807) is 35.1 Å². The number of likely N-dealkylation sites (tertiary alicyclic amines) is 1. The number of carbonyl (C=O) groups excluding carboxylic acids is 2. The third kappa shape index (κ3) is 7.33. The van der Waals surface area contributed by atoms with Crippen molar-refractivity contribution in [2.75, 3.05) is 17.7 Å². The summed E-state index contributed by atoms with van der Waals surface area (Å²) in [5.41, 5.74) is 2.61. The first-order valence-electron chi connectivity index (χ1n) is 14.1. The predicted molar refractivity (Wildman–Crippen MR) is 162 cm³/mol. The fourth-order valence-electron chi connectivity index (χ4n) is 5.36. The number of nitrogens with zero attached hydrogens (tertiary/aromatic N) is 4. The van der Waals surface area contributed by atoms with Crippen LogP contribution in [0.2, 0.25) is 0 Å². The van der Waals surface area contributed by atoms with Crippen LogP contribution in [0.4, 0.5) is 11.5 Å². The van der Waals surface area contributed by atoms with E-state index in [0.717, 1.165) is 24.1 Å². The molecule has 0 atom stereocenters. The van der Waals surface area contributed by atoms with E-state index in [4.69, 9.17) is 4.74 Å². The number of ether oxygens (including phenoxy) is 1. The molecule has 1 saturated heterocycles. The van der Waals surface area contributed by atoms with Crippen molar-refractivity contribution < 1.29 is 14.3 Å². The number of rotatable bonds is 7. The Morgan fingerprint density at radius 2 is 1.61 bits per heavy atom. The average molecular weight is 561 g/mol. The lowest BCUT2D eigenvalue weighted by molar-refractivity contribution is -0.115. The molecule has 0 saturated carbocycles. The van der Waals surface area contributed by atoms with Crippen LogP contribution >= 0.6 is 0 Å². The summed E-state index contributed by atoms with van der Waals surface area (Å²) >= 11 is 0. The van der Waals surface area contributed by atoms with Crippen LogP contribution in [0, 0.1) is 0 Å². The largest absolute Gasteiger partial charge is 0.489 e. The molecule has 1 aliphatic rings. The first kappa shape index (κ1) is 30.2. The highest BCUT2D eigenvalue weighted by Crippen LogP contribution is 2.38. The first-order valence-corrected chi connectivity index (χ1v) is 14.1. The van der Waals surface area contributed by atoms with Crippen molar-refractivity contribution in [3.63, 3.8) is 0 Å². The van der Waals surface area contributed by atoms with Gasteiger partial charge in [0.05, 0.1) is 18.3 Å². The molecule has 2 N–H and O–H groups in total. The van der Waals surface area contributed by atoms with Gasteiger partial charge in [-0.3, -0.25) is 19.2 Å². The third-order valence-electron chi connectivity index (χ3n) is 8.03. The zero-order chi connectivity index (χ0) is 30.2. The van der Waals surface area contributed by atoms with Crippen LogP contribution in [0.1, 0.15) is 83.1 Å². The van der Waals surface area contributed by atoms with Crippen LogP contribution in [0.3, 0.4) is 0 Å². The number of aryl methyl sites for hydroxylation is 1. The molecule has 1 aromatic carbocycles. The Bertz CT molecular complexity index is 1370. The molecule has 0 spiro atoms. The monoisotopic (exact) mass is 560 g/mol. The molecule has 0 radical (unpaired) electrons. The highest BCUT2D eigenvalue weighted by Gasteiger charge is 2.44. The van der Waals surface area contributed by atoms with E-state index in [0.29, 0.717) is 22.9 Å². The molecule has 1 aliphatic heterocycles.